The highest BCUT2D eigenvalue weighted by Gasteiger charge is 2.25. The number of carbonyl (C=O) groups is 1. The zero-order valence-electron chi connectivity index (χ0n) is 15.5. The number of nitrogens with one attached hydrogen (secondary N) is 1. The van der Waals surface area contributed by atoms with Crippen molar-refractivity contribution in [1.29, 1.82) is 0 Å². The maximum atomic E-state index is 12.8. The van der Waals surface area contributed by atoms with E-state index < -0.39 is 0 Å². The Bertz CT molecular complexity index is 746. The van der Waals surface area contributed by atoms with Gasteiger partial charge in [0.05, 0.1) is 17.3 Å². The predicted molar refractivity (Wildman–Crippen MR) is 99.3 cm³/mol. The number of rotatable bonds is 5. The summed E-state index contributed by atoms with van der Waals surface area (Å²) in [7, 11) is 0. The minimum absolute atomic E-state index is 0.112. The number of aromatic nitrogens is 2. The summed E-state index contributed by atoms with van der Waals surface area (Å²) >= 11 is 0. The molecule has 1 atom stereocenters. The van der Waals surface area contributed by atoms with Crippen LogP contribution in [-0.2, 0) is 4.79 Å². The Morgan fingerprint density at radius 2 is 2.15 bits per heavy atom. The van der Waals surface area contributed by atoms with Crippen molar-refractivity contribution < 1.29 is 14.4 Å². The molecule has 0 spiro atoms. The van der Waals surface area contributed by atoms with Gasteiger partial charge in [-0.05, 0) is 51.7 Å². The van der Waals surface area contributed by atoms with Crippen LogP contribution in [-0.4, -0.2) is 40.9 Å². The van der Waals surface area contributed by atoms with Crippen LogP contribution >= 0.6 is 0 Å². The van der Waals surface area contributed by atoms with E-state index in [0.717, 1.165) is 43.0 Å². The Labute approximate surface area is 153 Å². The zero-order chi connectivity index (χ0) is 18.7. The molecular formula is C19H26N4O3. The van der Waals surface area contributed by atoms with Crippen molar-refractivity contribution in [2.45, 2.75) is 39.5 Å². The van der Waals surface area contributed by atoms with Crippen LogP contribution in [0.15, 0.2) is 22.9 Å². The van der Waals surface area contributed by atoms with Crippen molar-refractivity contribution >= 4 is 17.4 Å². The van der Waals surface area contributed by atoms with Crippen LogP contribution in [0.25, 0.3) is 0 Å². The molecule has 7 nitrogen and oxygen atoms in total. The summed E-state index contributed by atoms with van der Waals surface area (Å²) in [6, 6.07) is 3.69. The molecule has 3 rings (SSSR count). The first-order valence-corrected chi connectivity index (χ1v) is 9.05. The van der Waals surface area contributed by atoms with Crippen molar-refractivity contribution in [1.82, 2.24) is 10.1 Å². The number of aryl methyl sites for hydroxylation is 2. The highest BCUT2D eigenvalue weighted by atomic mass is 16.5. The van der Waals surface area contributed by atoms with E-state index in [2.05, 4.69) is 20.4 Å². The highest BCUT2D eigenvalue weighted by Crippen LogP contribution is 2.30. The van der Waals surface area contributed by atoms with E-state index >= 15 is 0 Å². The van der Waals surface area contributed by atoms with E-state index in [0.29, 0.717) is 17.4 Å². The van der Waals surface area contributed by atoms with Crippen LogP contribution in [0.4, 0.5) is 11.5 Å². The number of piperidine rings is 1. The van der Waals surface area contributed by atoms with Crippen molar-refractivity contribution in [2.75, 3.05) is 29.9 Å². The Morgan fingerprint density at radius 3 is 2.77 bits per heavy atom. The van der Waals surface area contributed by atoms with Crippen LogP contribution < -0.4 is 10.2 Å². The van der Waals surface area contributed by atoms with Gasteiger partial charge in [0.2, 0.25) is 5.91 Å². The maximum absolute atomic E-state index is 12.8. The molecule has 26 heavy (non-hydrogen) atoms. The molecule has 140 valence electrons. The second-order valence-electron chi connectivity index (χ2n) is 6.94. The molecule has 1 aliphatic heterocycles. The molecule has 1 aliphatic rings. The molecule has 7 heteroatoms. The first kappa shape index (κ1) is 18.4. The lowest BCUT2D eigenvalue weighted by Gasteiger charge is -2.33. The van der Waals surface area contributed by atoms with Crippen molar-refractivity contribution in [3.63, 3.8) is 0 Å². The Morgan fingerprint density at radius 1 is 1.42 bits per heavy atom. The number of aliphatic hydroxyl groups excluding tert-OH is 1. The van der Waals surface area contributed by atoms with Gasteiger partial charge in [-0.3, -0.25) is 4.79 Å². The average molecular weight is 358 g/mol. The predicted octanol–water partition coefficient (Wildman–Crippen LogP) is 2.64. The van der Waals surface area contributed by atoms with E-state index in [-0.39, 0.29) is 18.4 Å². The molecule has 1 unspecified atom stereocenters. The molecule has 3 heterocycles. The average Bonchev–Trinajstić information content (AvgIpc) is 3.00. The summed E-state index contributed by atoms with van der Waals surface area (Å²) in [5.41, 5.74) is 2.28. The first-order valence-electron chi connectivity index (χ1n) is 9.05. The summed E-state index contributed by atoms with van der Waals surface area (Å²) < 4.78 is 5.19. The third kappa shape index (κ3) is 3.72. The summed E-state index contributed by atoms with van der Waals surface area (Å²) in [5, 5.41) is 16.3. The minimum Gasteiger partial charge on any atom is -0.396 e. The lowest BCUT2D eigenvalue weighted by atomic mass is 9.97. The van der Waals surface area contributed by atoms with Gasteiger partial charge >= 0.3 is 0 Å². The van der Waals surface area contributed by atoms with Gasteiger partial charge in [0.15, 0.2) is 5.82 Å². The standard InChI is InChI=1S/C19H26N4O3/c1-12(17-13(2)22-26-14(17)3)19(25)21-16-5-4-8-20-18(16)23-9-6-15(11-24)7-10-23/h4-5,8,12,15,24H,6-7,9-11H2,1-3H3,(H,21,25). The smallest absolute Gasteiger partial charge is 0.231 e. The van der Waals surface area contributed by atoms with E-state index in [1.165, 1.54) is 0 Å². The van der Waals surface area contributed by atoms with Crippen molar-refractivity contribution in [3.8, 4) is 0 Å². The van der Waals surface area contributed by atoms with Gasteiger partial charge in [-0.25, -0.2) is 4.98 Å². The second kappa shape index (κ2) is 7.86. The maximum Gasteiger partial charge on any atom is 0.231 e. The fraction of sp³-hybridized carbons (Fsp3) is 0.526. The molecular weight excluding hydrogens is 332 g/mol. The molecule has 1 fully saturated rings. The quantitative estimate of drug-likeness (QED) is 0.854. The van der Waals surface area contributed by atoms with Gasteiger partial charge in [-0.2, -0.15) is 0 Å². The lowest BCUT2D eigenvalue weighted by molar-refractivity contribution is -0.117. The number of amides is 1. The molecule has 2 N–H and O–H groups in total. The van der Waals surface area contributed by atoms with Gasteiger partial charge in [-0.15, -0.1) is 0 Å². The third-order valence-corrected chi connectivity index (χ3v) is 5.13. The second-order valence-corrected chi connectivity index (χ2v) is 6.94. The molecule has 2 aromatic rings. The number of hydrogen-bond donors (Lipinski definition) is 2. The van der Waals surface area contributed by atoms with Crippen molar-refractivity contribution in [2.24, 2.45) is 5.92 Å². The number of nitrogens with zero attached hydrogens (tertiary/aromatic N) is 3. The molecule has 0 bridgehead atoms. The van der Waals surface area contributed by atoms with Crippen LogP contribution in [0.2, 0.25) is 0 Å². The summed E-state index contributed by atoms with van der Waals surface area (Å²) in [6.07, 6.45) is 3.59. The number of carbonyl (C=O) groups excluding carboxylic acids is 1. The first-order chi connectivity index (χ1) is 12.5. The molecule has 0 saturated carbocycles. The third-order valence-electron chi connectivity index (χ3n) is 5.13. The largest absolute Gasteiger partial charge is 0.396 e. The van der Waals surface area contributed by atoms with Gasteiger partial charge in [0.25, 0.3) is 0 Å². The van der Waals surface area contributed by atoms with Gasteiger partial charge in [0.1, 0.15) is 5.76 Å². The normalized spacial score (nSPS) is 16.5. The van der Waals surface area contributed by atoms with Crippen LogP contribution in [0.3, 0.4) is 0 Å². The van der Waals surface area contributed by atoms with Gasteiger partial charge in [0, 0.05) is 31.5 Å². The molecule has 0 aromatic carbocycles. The summed E-state index contributed by atoms with van der Waals surface area (Å²) in [6.45, 7) is 7.39. The fourth-order valence-corrected chi connectivity index (χ4v) is 3.55. The number of aliphatic hydroxyl groups is 1. The van der Waals surface area contributed by atoms with E-state index in [1.54, 1.807) is 6.20 Å². The molecule has 2 aromatic heterocycles. The van der Waals surface area contributed by atoms with Gasteiger partial charge < -0.3 is 19.8 Å². The monoisotopic (exact) mass is 358 g/mol. The molecule has 0 radical (unpaired) electrons. The van der Waals surface area contributed by atoms with E-state index in [1.807, 2.05) is 32.9 Å². The molecule has 0 aliphatic carbocycles. The summed E-state index contributed by atoms with van der Waals surface area (Å²) in [5.74, 6) is 1.33. The number of anilines is 2. The zero-order valence-corrected chi connectivity index (χ0v) is 15.5. The van der Waals surface area contributed by atoms with Crippen LogP contribution in [0.1, 0.15) is 42.7 Å². The van der Waals surface area contributed by atoms with E-state index in [4.69, 9.17) is 4.52 Å². The van der Waals surface area contributed by atoms with Crippen molar-refractivity contribution in [3.05, 3.63) is 35.3 Å². The lowest BCUT2D eigenvalue weighted by Crippen LogP contribution is -2.36. The van der Waals surface area contributed by atoms with Gasteiger partial charge in [-0.1, -0.05) is 5.16 Å². The van der Waals surface area contributed by atoms with Crippen LogP contribution in [0, 0.1) is 19.8 Å². The highest BCUT2D eigenvalue weighted by molar-refractivity contribution is 5.98. The Hall–Kier alpha value is -2.41. The molecule has 1 amide bonds. The van der Waals surface area contributed by atoms with E-state index in [9.17, 15) is 9.90 Å². The topological polar surface area (TPSA) is 91.5 Å². The molecule has 1 saturated heterocycles. The Kier molecular flexibility index (Phi) is 5.56. The number of hydrogen-bond acceptors (Lipinski definition) is 6. The summed E-state index contributed by atoms with van der Waals surface area (Å²) in [4.78, 5) is 19.4. The SMILES string of the molecule is Cc1noc(C)c1C(C)C(=O)Nc1cccnc1N1CCC(CO)CC1. The minimum atomic E-state index is -0.366. The number of pyridine rings is 1. The fourth-order valence-electron chi connectivity index (χ4n) is 3.55. The Balaban J connectivity index is 1.75. The van der Waals surface area contributed by atoms with Crippen LogP contribution in [0.5, 0.6) is 0 Å².